The van der Waals surface area contributed by atoms with Gasteiger partial charge in [0.2, 0.25) is 0 Å². The zero-order valence-corrected chi connectivity index (χ0v) is 10.9. The first-order valence-electron chi connectivity index (χ1n) is 6.26. The fraction of sp³-hybridized carbons (Fsp3) is 0.0667. The Balaban J connectivity index is 1.89. The van der Waals surface area contributed by atoms with Crippen molar-refractivity contribution in [2.75, 3.05) is 17.2 Å². The topological polar surface area (TPSA) is 67.4 Å². The highest BCUT2D eigenvalue weighted by atomic mass is 19.1. The highest BCUT2D eigenvalue weighted by Gasteiger charge is 2.22. The number of carbonyl (C=O) groups is 2. The SMILES string of the molecule is O=C1COc2c(cccc2C(=O)Nc2cccc(F)c2)N1. The summed E-state index contributed by atoms with van der Waals surface area (Å²) >= 11 is 0. The van der Waals surface area contributed by atoms with Crippen molar-refractivity contribution >= 4 is 23.2 Å². The van der Waals surface area contributed by atoms with Crippen LogP contribution >= 0.6 is 0 Å². The van der Waals surface area contributed by atoms with Gasteiger partial charge in [-0.1, -0.05) is 12.1 Å². The predicted octanol–water partition coefficient (Wildman–Crippen LogP) is 2.41. The molecule has 0 bridgehead atoms. The zero-order chi connectivity index (χ0) is 14.8. The molecule has 0 unspecified atom stereocenters. The number of carbonyl (C=O) groups excluding carboxylic acids is 2. The maximum absolute atomic E-state index is 13.1. The maximum atomic E-state index is 13.1. The van der Waals surface area contributed by atoms with Crippen LogP contribution in [-0.4, -0.2) is 18.4 Å². The maximum Gasteiger partial charge on any atom is 0.262 e. The van der Waals surface area contributed by atoms with Crippen molar-refractivity contribution in [2.45, 2.75) is 0 Å². The van der Waals surface area contributed by atoms with Crippen molar-refractivity contribution in [3.8, 4) is 5.75 Å². The van der Waals surface area contributed by atoms with Gasteiger partial charge in [0.25, 0.3) is 11.8 Å². The van der Waals surface area contributed by atoms with Crippen molar-refractivity contribution in [1.29, 1.82) is 0 Å². The molecule has 3 rings (SSSR count). The molecule has 0 aromatic heterocycles. The number of amides is 2. The summed E-state index contributed by atoms with van der Waals surface area (Å²) in [6.45, 7) is -0.142. The molecule has 21 heavy (non-hydrogen) atoms. The number of rotatable bonds is 2. The zero-order valence-electron chi connectivity index (χ0n) is 10.9. The van der Waals surface area contributed by atoms with E-state index in [0.717, 1.165) is 0 Å². The molecule has 0 saturated carbocycles. The molecular weight excluding hydrogens is 275 g/mol. The van der Waals surface area contributed by atoms with Crippen molar-refractivity contribution in [1.82, 2.24) is 0 Å². The summed E-state index contributed by atoms with van der Waals surface area (Å²) in [5.74, 6) is -0.837. The quantitative estimate of drug-likeness (QED) is 0.891. The van der Waals surface area contributed by atoms with Gasteiger partial charge in [0.05, 0.1) is 11.3 Å². The standard InChI is InChI=1S/C15H11FN2O3/c16-9-3-1-4-10(7-9)17-15(20)11-5-2-6-12-14(11)21-8-13(19)18-12/h1-7H,8H2,(H,17,20)(H,18,19). The second-order valence-corrected chi connectivity index (χ2v) is 4.48. The number of para-hydroxylation sites is 1. The van der Waals surface area contributed by atoms with E-state index in [1.54, 1.807) is 24.3 Å². The summed E-state index contributed by atoms with van der Waals surface area (Å²) < 4.78 is 18.4. The smallest absolute Gasteiger partial charge is 0.262 e. The largest absolute Gasteiger partial charge is 0.481 e. The van der Waals surface area contributed by atoms with E-state index < -0.39 is 11.7 Å². The van der Waals surface area contributed by atoms with Gasteiger partial charge in [-0.05, 0) is 30.3 Å². The summed E-state index contributed by atoms with van der Waals surface area (Å²) in [6, 6.07) is 10.4. The molecule has 106 valence electrons. The normalized spacial score (nSPS) is 12.9. The second-order valence-electron chi connectivity index (χ2n) is 4.48. The molecule has 1 heterocycles. The Morgan fingerprint density at radius 1 is 1.24 bits per heavy atom. The van der Waals surface area contributed by atoms with Crippen LogP contribution in [0.2, 0.25) is 0 Å². The minimum Gasteiger partial charge on any atom is -0.481 e. The van der Waals surface area contributed by atoms with E-state index in [4.69, 9.17) is 4.74 Å². The third-order valence-corrected chi connectivity index (χ3v) is 2.96. The predicted molar refractivity (Wildman–Crippen MR) is 74.9 cm³/mol. The lowest BCUT2D eigenvalue weighted by molar-refractivity contribution is -0.118. The lowest BCUT2D eigenvalue weighted by Gasteiger charge is -2.20. The molecule has 2 aromatic carbocycles. The Morgan fingerprint density at radius 2 is 2.05 bits per heavy atom. The minimum atomic E-state index is -0.439. The third-order valence-electron chi connectivity index (χ3n) is 2.96. The lowest BCUT2D eigenvalue weighted by Crippen LogP contribution is -2.27. The number of anilines is 2. The van der Waals surface area contributed by atoms with Crippen LogP contribution < -0.4 is 15.4 Å². The van der Waals surface area contributed by atoms with E-state index >= 15 is 0 Å². The van der Waals surface area contributed by atoms with Gasteiger partial charge in [0, 0.05) is 5.69 Å². The van der Waals surface area contributed by atoms with E-state index in [1.807, 2.05) is 0 Å². The van der Waals surface area contributed by atoms with Crippen LogP contribution in [0.5, 0.6) is 5.75 Å². The molecule has 0 fully saturated rings. The van der Waals surface area contributed by atoms with Gasteiger partial charge in [-0.25, -0.2) is 4.39 Å². The summed E-state index contributed by atoms with van der Waals surface area (Å²) in [6.07, 6.45) is 0. The number of hydrogen-bond acceptors (Lipinski definition) is 3. The fourth-order valence-corrected chi connectivity index (χ4v) is 2.06. The van der Waals surface area contributed by atoms with E-state index in [-0.39, 0.29) is 18.1 Å². The Bertz CT molecular complexity index is 731. The molecule has 1 aliphatic rings. The van der Waals surface area contributed by atoms with Crippen LogP contribution in [-0.2, 0) is 4.79 Å². The van der Waals surface area contributed by atoms with Gasteiger partial charge in [-0.3, -0.25) is 9.59 Å². The molecule has 0 radical (unpaired) electrons. The fourth-order valence-electron chi connectivity index (χ4n) is 2.06. The van der Waals surface area contributed by atoms with Gasteiger partial charge in [0.1, 0.15) is 5.82 Å². The molecule has 0 spiro atoms. The summed E-state index contributed by atoms with van der Waals surface area (Å²) in [4.78, 5) is 23.5. The van der Waals surface area contributed by atoms with Crippen molar-refractivity contribution < 1.29 is 18.7 Å². The Hall–Kier alpha value is -2.89. The highest BCUT2D eigenvalue weighted by Crippen LogP contribution is 2.32. The van der Waals surface area contributed by atoms with Gasteiger partial charge < -0.3 is 15.4 Å². The van der Waals surface area contributed by atoms with Crippen molar-refractivity contribution in [3.05, 3.63) is 53.8 Å². The van der Waals surface area contributed by atoms with Crippen molar-refractivity contribution in [2.24, 2.45) is 0 Å². The number of fused-ring (bicyclic) bond motifs is 1. The monoisotopic (exact) mass is 286 g/mol. The Morgan fingerprint density at radius 3 is 2.86 bits per heavy atom. The van der Waals surface area contributed by atoms with E-state index in [9.17, 15) is 14.0 Å². The van der Waals surface area contributed by atoms with E-state index in [2.05, 4.69) is 10.6 Å². The number of nitrogens with one attached hydrogen (secondary N) is 2. The molecular formula is C15H11FN2O3. The first-order valence-corrected chi connectivity index (χ1v) is 6.26. The van der Waals surface area contributed by atoms with Crippen LogP contribution in [0.3, 0.4) is 0 Å². The van der Waals surface area contributed by atoms with Crippen LogP contribution in [0.1, 0.15) is 10.4 Å². The van der Waals surface area contributed by atoms with Crippen LogP contribution in [0.15, 0.2) is 42.5 Å². The van der Waals surface area contributed by atoms with Crippen molar-refractivity contribution in [3.63, 3.8) is 0 Å². The third kappa shape index (κ3) is 2.69. The van der Waals surface area contributed by atoms with Gasteiger partial charge in [-0.15, -0.1) is 0 Å². The number of halogens is 1. The van der Waals surface area contributed by atoms with Gasteiger partial charge >= 0.3 is 0 Å². The molecule has 6 heteroatoms. The second kappa shape index (κ2) is 5.24. The van der Waals surface area contributed by atoms with Crippen LogP contribution in [0, 0.1) is 5.82 Å². The molecule has 0 saturated heterocycles. The summed E-state index contributed by atoms with van der Waals surface area (Å²) in [7, 11) is 0. The molecule has 2 aromatic rings. The summed E-state index contributed by atoms with van der Waals surface area (Å²) in [5.41, 5.74) is 1.06. The van der Waals surface area contributed by atoms with Gasteiger partial charge in [0.15, 0.2) is 12.4 Å². The van der Waals surface area contributed by atoms with Gasteiger partial charge in [-0.2, -0.15) is 0 Å². The number of ether oxygens (including phenoxy) is 1. The minimum absolute atomic E-state index is 0.142. The van der Waals surface area contributed by atoms with Crippen LogP contribution in [0.4, 0.5) is 15.8 Å². The Kier molecular flexibility index (Phi) is 3.27. The van der Waals surface area contributed by atoms with E-state index in [1.165, 1.54) is 18.2 Å². The number of hydrogen-bond donors (Lipinski definition) is 2. The molecule has 0 atom stereocenters. The molecule has 1 aliphatic heterocycles. The molecule has 2 amide bonds. The first kappa shape index (κ1) is 13.1. The van der Waals surface area contributed by atoms with Crippen LogP contribution in [0.25, 0.3) is 0 Å². The highest BCUT2D eigenvalue weighted by molar-refractivity contribution is 6.09. The number of benzene rings is 2. The first-order chi connectivity index (χ1) is 10.1. The molecule has 5 nitrogen and oxygen atoms in total. The van der Waals surface area contributed by atoms with E-state index in [0.29, 0.717) is 17.1 Å². The lowest BCUT2D eigenvalue weighted by atomic mass is 10.1. The summed E-state index contributed by atoms with van der Waals surface area (Å²) in [5, 5.41) is 5.21. The average Bonchev–Trinajstić information content (AvgIpc) is 2.46. The average molecular weight is 286 g/mol. The molecule has 0 aliphatic carbocycles. The Labute approximate surface area is 119 Å². The molecule has 2 N–H and O–H groups in total.